The Morgan fingerprint density at radius 1 is 1.35 bits per heavy atom. The zero-order valence-electron chi connectivity index (χ0n) is 9.88. The summed E-state index contributed by atoms with van der Waals surface area (Å²) in [6.07, 6.45) is 7.75. The second-order valence-corrected chi connectivity index (χ2v) is 4.41. The van der Waals surface area contributed by atoms with Gasteiger partial charge in [0.15, 0.2) is 0 Å². The van der Waals surface area contributed by atoms with E-state index in [0.29, 0.717) is 12.8 Å². The van der Waals surface area contributed by atoms with E-state index >= 15 is 0 Å². The average molecular weight is 232 g/mol. The lowest BCUT2D eigenvalue weighted by Gasteiger charge is -2.17. The zero-order chi connectivity index (χ0) is 12.5. The maximum absolute atomic E-state index is 11.8. The highest BCUT2D eigenvalue weighted by Crippen LogP contribution is 2.40. The minimum Gasteiger partial charge on any atom is -0.323 e. The van der Waals surface area contributed by atoms with Gasteiger partial charge in [-0.05, 0) is 17.6 Å². The van der Waals surface area contributed by atoms with Crippen molar-refractivity contribution >= 4 is 11.9 Å². The van der Waals surface area contributed by atoms with Crippen LogP contribution in [0.1, 0.15) is 26.2 Å². The molecule has 2 fully saturated rings. The molecule has 4 nitrogen and oxygen atoms in total. The molecule has 1 aliphatic carbocycles. The van der Waals surface area contributed by atoms with Crippen LogP contribution in [-0.4, -0.2) is 17.5 Å². The Morgan fingerprint density at radius 2 is 2.06 bits per heavy atom. The first-order valence-corrected chi connectivity index (χ1v) is 5.76. The summed E-state index contributed by atoms with van der Waals surface area (Å²) in [5.74, 6) is -0.225. The smallest absolute Gasteiger partial charge is 0.322 e. The third-order valence-corrected chi connectivity index (χ3v) is 3.18. The van der Waals surface area contributed by atoms with Crippen molar-refractivity contribution in [2.45, 2.75) is 31.7 Å². The first-order chi connectivity index (χ1) is 8.11. The minimum absolute atomic E-state index is 0.225. The zero-order valence-corrected chi connectivity index (χ0v) is 9.88. The highest BCUT2D eigenvalue weighted by molar-refractivity contribution is 6.08. The topological polar surface area (TPSA) is 58.2 Å². The maximum Gasteiger partial charge on any atom is 0.322 e. The van der Waals surface area contributed by atoms with Crippen LogP contribution in [-0.2, 0) is 4.79 Å². The molecule has 0 aromatic rings. The summed E-state index contributed by atoms with van der Waals surface area (Å²) in [4.78, 5) is 23.1. The molecule has 2 aliphatic rings. The number of allylic oxidation sites excluding steroid dienone is 3. The molecule has 1 atom stereocenters. The van der Waals surface area contributed by atoms with Crippen LogP contribution in [0.4, 0.5) is 4.79 Å². The number of hydrogen-bond donors (Lipinski definition) is 2. The van der Waals surface area contributed by atoms with E-state index in [0.717, 1.165) is 17.6 Å². The van der Waals surface area contributed by atoms with Crippen LogP contribution in [0.25, 0.3) is 0 Å². The van der Waals surface area contributed by atoms with Gasteiger partial charge in [0.25, 0.3) is 5.91 Å². The van der Waals surface area contributed by atoms with Gasteiger partial charge in [0.2, 0.25) is 0 Å². The molecule has 2 rings (SSSR count). The van der Waals surface area contributed by atoms with Gasteiger partial charge >= 0.3 is 6.03 Å². The minimum atomic E-state index is -0.771. The summed E-state index contributed by atoms with van der Waals surface area (Å²) >= 11 is 0. The number of carbonyl (C=O) groups excluding carboxylic acids is 2. The molecule has 1 spiro atoms. The Bertz CT molecular complexity index is 448. The van der Waals surface area contributed by atoms with E-state index in [1.807, 2.05) is 6.08 Å². The predicted molar refractivity (Wildman–Crippen MR) is 65.3 cm³/mol. The monoisotopic (exact) mass is 232 g/mol. The van der Waals surface area contributed by atoms with Gasteiger partial charge in [-0.1, -0.05) is 31.7 Å². The lowest BCUT2D eigenvalue weighted by atomic mass is 9.97. The molecule has 1 heterocycles. The van der Waals surface area contributed by atoms with Crippen LogP contribution in [0.5, 0.6) is 0 Å². The van der Waals surface area contributed by atoms with Gasteiger partial charge < -0.3 is 5.32 Å². The Labute approximate surface area is 100 Å². The van der Waals surface area contributed by atoms with Gasteiger partial charge in [0, 0.05) is 12.8 Å². The molecule has 2 N–H and O–H groups in total. The van der Waals surface area contributed by atoms with Gasteiger partial charge in [-0.2, -0.15) is 0 Å². The maximum atomic E-state index is 11.8. The van der Waals surface area contributed by atoms with Crippen molar-refractivity contribution in [3.63, 3.8) is 0 Å². The van der Waals surface area contributed by atoms with Crippen molar-refractivity contribution in [3.8, 4) is 0 Å². The molecule has 0 aromatic heterocycles. The van der Waals surface area contributed by atoms with Gasteiger partial charge in [-0.15, -0.1) is 0 Å². The molecule has 90 valence electrons. The SMILES string of the molecule is C=C/C=C1/CC2(C/C1=C/CC)NC(=O)NC2=O. The van der Waals surface area contributed by atoms with Crippen molar-refractivity contribution in [2.24, 2.45) is 0 Å². The molecular weight excluding hydrogens is 216 g/mol. The molecule has 0 aromatic carbocycles. The molecule has 0 radical (unpaired) electrons. The lowest BCUT2D eigenvalue weighted by molar-refractivity contribution is -0.123. The molecule has 1 saturated heterocycles. The first-order valence-electron chi connectivity index (χ1n) is 5.76. The fourth-order valence-corrected chi connectivity index (χ4v) is 2.47. The van der Waals surface area contributed by atoms with E-state index in [2.05, 4.69) is 30.2 Å². The van der Waals surface area contributed by atoms with Gasteiger partial charge in [-0.3, -0.25) is 10.1 Å². The number of rotatable bonds is 2. The lowest BCUT2D eigenvalue weighted by Crippen LogP contribution is -2.43. The highest BCUT2D eigenvalue weighted by atomic mass is 16.2. The quantitative estimate of drug-likeness (QED) is 0.713. The Hall–Kier alpha value is -1.84. The summed E-state index contributed by atoms with van der Waals surface area (Å²) in [7, 11) is 0. The predicted octanol–water partition coefficient (Wildman–Crippen LogP) is 1.81. The van der Waals surface area contributed by atoms with Crippen molar-refractivity contribution in [1.82, 2.24) is 10.6 Å². The summed E-state index contributed by atoms with van der Waals surface area (Å²) < 4.78 is 0. The Kier molecular flexibility index (Phi) is 2.88. The van der Waals surface area contributed by atoms with E-state index in [-0.39, 0.29) is 5.91 Å². The fraction of sp³-hybridized carbons (Fsp3) is 0.385. The second kappa shape index (κ2) is 4.20. The van der Waals surface area contributed by atoms with Crippen LogP contribution in [0.3, 0.4) is 0 Å². The summed E-state index contributed by atoms with van der Waals surface area (Å²) in [6, 6.07) is -0.397. The van der Waals surface area contributed by atoms with Crippen molar-refractivity contribution in [1.29, 1.82) is 0 Å². The summed E-state index contributed by atoms with van der Waals surface area (Å²) in [6.45, 7) is 5.73. The number of hydrogen-bond acceptors (Lipinski definition) is 2. The van der Waals surface area contributed by atoms with E-state index in [4.69, 9.17) is 0 Å². The normalized spacial score (nSPS) is 32.3. The first kappa shape index (κ1) is 11.6. The molecule has 1 unspecified atom stereocenters. The third-order valence-electron chi connectivity index (χ3n) is 3.18. The van der Waals surface area contributed by atoms with Crippen LogP contribution < -0.4 is 10.6 Å². The number of nitrogens with one attached hydrogen (secondary N) is 2. The van der Waals surface area contributed by atoms with Crippen LogP contribution in [0, 0.1) is 0 Å². The Morgan fingerprint density at radius 3 is 2.59 bits per heavy atom. The van der Waals surface area contributed by atoms with Crippen LogP contribution >= 0.6 is 0 Å². The summed E-state index contributed by atoms with van der Waals surface area (Å²) in [5, 5.41) is 5.05. The van der Waals surface area contributed by atoms with Crippen molar-refractivity contribution in [2.75, 3.05) is 0 Å². The molecule has 0 bridgehead atoms. The highest BCUT2D eigenvalue weighted by Gasteiger charge is 2.50. The van der Waals surface area contributed by atoms with E-state index < -0.39 is 11.6 Å². The van der Waals surface area contributed by atoms with Crippen LogP contribution in [0.2, 0.25) is 0 Å². The number of imide groups is 1. The Balaban J connectivity index is 2.34. The molecule has 3 amide bonds. The van der Waals surface area contributed by atoms with Crippen LogP contribution in [0.15, 0.2) is 36.0 Å². The summed E-state index contributed by atoms with van der Waals surface area (Å²) in [5.41, 5.74) is 1.44. The number of carbonyl (C=O) groups is 2. The standard InChI is InChI=1S/C13H16N2O2/c1-3-5-9-7-13(8-10(9)6-4-2)11(16)14-12(17)15-13/h3,5-6H,1,4,7-8H2,2H3,(H2,14,15,16,17)/b9-5-,10-6-. The molecular formula is C13H16N2O2. The van der Waals surface area contributed by atoms with E-state index in [9.17, 15) is 9.59 Å². The van der Waals surface area contributed by atoms with E-state index in [1.165, 1.54) is 0 Å². The molecule has 4 heteroatoms. The third kappa shape index (κ3) is 1.90. The molecule has 1 saturated carbocycles. The largest absolute Gasteiger partial charge is 0.323 e. The fourth-order valence-electron chi connectivity index (χ4n) is 2.47. The van der Waals surface area contributed by atoms with Crippen molar-refractivity contribution in [3.05, 3.63) is 36.0 Å². The van der Waals surface area contributed by atoms with Crippen molar-refractivity contribution < 1.29 is 9.59 Å². The number of amides is 3. The molecule has 17 heavy (non-hydrogen) atoms. The van der Waals surface area contributed by atoms with Gasteiger partial charge in [0.05, 0.1) is 0 Å². The van der Waals surface area contributed by atoms with Gasteiger partial charge in [-0.25, -0.2) is 4.79 Å². The average Bonchev–Trinajstić information content (AvgIpc) is 2.71. The number of urea groups is 1. The second-order valence-electron chi connectivity index (χ2n) is 4.41. The molecule has 1 aliphatic heterocycles. The van der Waals surface area contributed by atoms with Gasteiger partial charge in [0.1, 0.15) is 5.54 Å². The van der Waals surface area contributed by atoms with E-state index in [1.54, 1.807) is 6.08 Å².